The van der Waals surface area contributed by atoms with E-state index in [4.69, 9.17) is 17.3 Å². The van der Waals surface area contributed by atoms with Crippen LogP contribution in [0, 0.1) is 5.92 Å². The summed E-state index contributed by atoms with van der Waals surface area (Å²) in [5, 5.41) is 0.629. The van der Waals surface area contributed by atoms with Gasteiger partial charge in [0.25, 0.3) is 0 Å². The minimum atomic E-state index is 0.136. The molecule has 0 aromatic heterocycles. The Morgan fingerprint density at radius 3 is 3.00 bits per heavy atom. The largest absolute Gasteiger partial charge is 0.398 e. The molecule has 0 spiro atoms. The normalized spacial score (nSPS) is 20.7. The molecule has 1 unspecified atom stereocenters. The topological polar surface area (TPSA) is 46.3 Å². The number of halogens is 1. The third kappa shape index (κ3) is 2.72. The number of likely N-dealkylation sites (tertiary alicyclic amines) is 1. The van der Waals surface area contributed by atoms with Gasteiger partial charge in [0.05, 0.1) is 0 Å². The highest BCUT2D eigenvalue weighted by Crippen LogP contribution is 2.23. The SMILES string of the molecule is CC1CCCN(Cc2ccc(Cl)cc2N)C1=O. The summed E-state index contributed by atoms with van der Waals surface area (Å²) in [6.45, 7) is 3.40. The molecular formula is C13H17ClN2O. The number of rotatable bonds is 2. The fourth-order valence-corrected chi connectivity index (χ4v) is 2.39. The van der Waals surface area contributed by atoms with E-state index in [-0.39, 0.29) is 11.8 Å². The Kier molecular flexibility index (Phi) is 3.57. The lowest BCUT2D eigenvalue weighted by molar-refractivity contribution is -0.138. The zero-order valence-corrected chi connectivity index (χ0v) is 10.7. The molecule has 0 saturated carbocycles. The van der Waals surface area contributed by atoms with Crippen molar-refractivity contribution in [1.29, 1.82) is 0 Å². The molecule has 17 heavy (non-hydrogen) atoms. The van der Waals surface area contributed by atoms with Crippen LogP contribution in [-0.2, 0) is 11.3 Å². The van der Waals surface area contributed by atoms with E-state index in [1.54, 1.807) is 6.07 Å². The molecule has 1 amide bonds. The first-order valence-corrected chi connectivity index (χ1v) is 6.28. The number of benzene rings is 1. The quantitative estimate of drug-likeness (QED) is 0.823. The van der Waals surface area contributed by atoms with Gasteiger partial charge in [-0.1, -0.05) is 24.6 Å². The van der Waals surface area contributed by atoms with E-state index in [0.29, 0.717) is 17.3 Å². The van der Waals surface area contributed by atoms with Gasteiger partial charge in [0.2, 0.25) is 5.91 Å². The van der Waals surface area contributed by atoms with Crippen molar-refractivity contribution < 1.29 is 4.79 Å². The summed E-state index contributed by atoms with van der Waals surface area (Å²) >= 11 is 5.85. The lowest BCUT2D eigenvalue weighted by Crippen LogP contribution is -2.39. The van der Waals surface area contributed by atoms with Gasteiger partial charge in [0, 0.05) is 29.7 Å². The third-order valence-corrected chi connectivity index (χ3v) is 3.50. The average molecular weight is 253 g/mol. The average Bonchev–Trinajstić information content (AvgIpc) is 2.28. The molecule has 1 aromatic carbocycles. The molecule has 1 aliphatic heterocycles. The Balaban J connectivity index is 2.12. The molecule has 3 nitrogen and oxygen atoms in total. The van der Waals surface area contributed by atoms with Gasteiger partial charge in [-0.2, -0.15) is 0 Å². The number of hydrogen-bond acceptors (Lipinski definition) is 2. The van der Waals surface area contributed by atoms with Crippen molar-refractivity contribution in [3.05, 3.63) is 28.8 Å². The summed E-state index contributed by atoms with van der Waals surface area (Å²) < 4.78 is 0. The molecule has 1 heterocycles. The number of nitrogens with two attached hydrogens (primary N) is 1. The maximum atomic E-state index is 12.0. The van der Waals surface area contributed by atoms with Crippen molar-refractivity contribution >= 4 is 23.2 Å². The Morgan fingerprint density at radius 1 is 1.53 bits per heavy atom. The minimum absolute atomic E-state index is 0.136. The number of amides is 1. The summed E-state index contributed by atoms with van der Waals surface area (Å²) in [4.78, 5) is 13.8. The fraction of sp³-hybridized carbons (Fsp3) is 0.462. The van der Waals surface area contributed by atoms with Gasteiger partial charge in [-0.25, -0.2) is 0 Å². The van der Waals surface area contributed by atoms with Crippen LogP contribution >= 0.6 is 11.6 Å². The third-order valence-electron chi connectivity index (χ3n) is 3.27. The van der Waals surface area contributed by atoms with Crippen LogP contribution < -0.4 is 5.73 Å². The molecule has 1 aromatic rings. The van der Waals surface area contributed by atoms with E-state index in [0.717, 1.165) is 24.9 Å². The molecule has 1 atom stereocenters. The second-order valence-electron chi connectivity index (χ2n) is 4.65. The second kappa shape index (κ2) is 4.96. The first kappa shape index (κ1) is 12.2. The van der Waals surface area contributed by atoms with Crippen LogP contribution in [0.2, 0.25) is 5.02 Å². The van der Waals surface area contributed by atoms with Crippen LogP contribution in [0.4, 0.5) is 5.69 Å². The Labute approximate surface area is 107 Å². The first-order valence-electron chi connectivity index (χ1n) is 5.90. The summed E-state index contributed by atoms with van der Waals surface area (Å²) in [6.07, 6.45) is 2.06. The summed E-state index contributed by atoms with van der Waals surface area (Å²) in [5.41, 5.74) is 7.52. The van der Waals surface area contributed by atoms with E-state index >= 15 is 0 Å². The molecular weight excluding hydrogens is 236 g/mol. The number of hydrogen-bond donors (Lipinski definition) is 1. The Bertz CT molecular complexity index is 433. The molecule has 4 heteroatoms. The van der Waals surface area contributed by atoms with Crippen molar-refractivity contribution in [1.82, 2.24) is 4.90 Å². The highest BCUT2D eigenvalue weighted by Gasteiger charge is 2.25. The van der Waals surface area contributed by atoms with Crippen LogP contribution in [-0.4, -0.2) is 17.4 Å². The number of piperidine rings is 1. The predicted octanol–water partition coefficient (Wildman–Crippen LogP) is 2.68. The van der Waals surface area contributed by atoms with Gasteiger partial charge >= 0.3 is 0 Å². The lowest BCUT2D eigenvalue weighted by Gasteiger charge is -2.31. The molecule has 0 bridgehead atoms. The van der Waals surface area contributed by atoms with Crippen molar-refractivity contribution in [2.75, 3.05) is 12.3 Å². The molecule has 92 valence electrons. The van der Waals surface area contributed by atoms with Gasteiger partial charge < -0.3 is 10.6 Å². The second-order valence-corrected chi connectivity index (χ2v) is 5.08. The minimum Gasteiger partial charge on any atom is -0.398 e. The summed E-state index contributed by atoms with van der Waals surface area (Å²) in [6, 6.07) is 5.43. The molecule has 0 radical (unpaired) electrons. The lowest BCUT2D eigenvalue weighted by atomic mass is 9.98. The van der Waals surface area contributed by atoms with Gasteiger partial charge in [0.15, 0.2) is 0 Å². The first-order chi connectivity index (χ1) is 8.08. The number of carbonyl (C=O) groups is 1. The van der Waals surface area contributed by atoms with Crippen molar-refractivity contribution in [3.63, 3.8) is 0 Å². The predicted molar refractivity (Wildman–Crippen MR) is 69.7 cm³/mol. The van der Waals surface area contributed by atoms with Gasteiger partial charge in [-0.3, -0.25) is 4.79 Å². The molecule has 1 saturated heterocycles. The molecule has 2 N–H and O–H groups in total. The van der Waals surface area contributed by atoms with Gasteiger partial charge in [-0.15, -0.1) is 0 Å². The fourth-order valence-electron chi connectivity index (χ4n) is 2.21. The Hall–Kier alpha value is -1.22. The van der Waals surface area contributed by atoms with Gasteiger partial charge in [-0.05, 0) is 30.5 Å². The molecule has 0 aliphatic carbocycles. The molecule has 2 rings (SSSR count). The van der Waals surface area contributed by atoms with Crippen LogP contribution in [0.1, 0.15) is 25.3 Å². The summed E-state index contributed by atoms with van der Waals surface area (Å²) in [5.74, 6) is 0.364. The standard InChI is InChI=1S/C13H17ClN2O/c1-9-3-2-6-16(13(9)17)8-10-4-5-11(14)7-12(10)15/h4-5,7,9H,2-3,6,8,15H2,1H3. The zero-order valence-electron chi connectivity index (χ0n) is 9.95. The van der Waals surface area contributed by atoms with E-state index in [1.807, 2.05) is 24.0 Å². The smallest absolute Gasteiger partial charge is 0.225 e. The van der Waals surface area contributed by atoms with Crippen LogP contribution in [0.5, 0.6) is 0 Å². The van der Waals surface area contributed by atoms with Crippen molar-refractivity contribution in [2.24, 2.45) is 5.92 Å². The summed E-state index contributed by atoms with van der Waals surface area (Å²) in [7, 11) is 0. The maximum absolute atomic E-state index is 12.0. The van der Waals surface area contributed by atoms with Crippen LogP contribution in [0.3, 0.4) is 0 Å². The number of anilines is 1. The number of nitrogen functional groups attached to an aromatic ring is 1. The van der Waals surface area contributed by atoms with Crippen LogP contribution in [0.25, 0.3) is 0 Å². The molecule has 1 aliphatic rings. The van der Waals surface area contributed by atoms with E-state index in [2.05, 4.69) is 0 Å². The highest BCUT2D eigenvalue weighted by molar-refractivity contribution is 6.30. The van der Waals surface area contributed by atoms with E-state index in [9.17, 15) is 4.79 Å². The maximum Gasteiger partial charge on any atom is 0.225 e. The zero-order chi connectivity index (χ0) is 12.4. The number of carbonyl (C=O) groups excluding carboxylic acids is 1. The van der Waals surface area contributed by atoms with Gasteiger partial charge in [0.1, 0.15) is 0 Å². The van der Waals surface area contributed by atoms with E-state index < -0.39 is 0 Å². The van der Waals surface area contributed by atoms with E-state index in [1.165, 1.54) is 0 Å². The number of nitrogens with zero attached hydrogens (tertiary/aromatic N) is 1. The van der Waals surface area contributed by atoms with Crippen molar-refractivity contribution in [3.8, 4) is 0 Å². The monoisotopic (exact) mass is 252 g/mol. The highest BCUT2D eigenvalue weighted by atomic mass is 35.5. The van der Waals surface area contributed by atoms with Crippen molar-refractivity contribution in [2.45, 2.75) is 26.3 Å². The Morgan fingerprint density at radius 2 is 2.29 bits per heavy atom. The molecule has 1 fully saturated rings. The van der Waals surface area contributed by atoms with Crippen LogP contribution in [0.15, 0.2) is 18.2 Å².